The van der Waals surface area contributed by atoms with Gasteiger partial charge in [-0.25, -0.2) is 13.2 Å². The Bertz CT molecular complexity index is 657. The summed E-state index contributed by atoms with van der Waals surface area (Å²) in [7, 11) is 0. The number of nitrogens with one attached hydrogen (secondary N) is 1. The summed E-state index contributed by atoms with van der Waals surface area (Å²) in [5.74, 6) is -3.57. The van der Waals surface area contributed by atoms with Gasteiger partial charge in [0.15, 0.2) is 0 Å². The molecule has 0 radical (unpaired) electrons. The van der Waals surface area contributed by atoms with Gasteiger partial charge in [0.2, 0.25) is 5.91 Å². The molecule has 1 amide bonds. The molecule has 2 rings (SSSR count). The molecule has 2 unspecified atom stereocenters. The van der Waals surface area contributed by atoms with Crippen LogP contribution in [0.5, 0.6) is 0 Å². The zero-order valence-corrected chi connectivity index (χ0v) is 16.8. The van der Waals surface area contributed by atoms with Gasteiger partial charge in [-0.15, -0.1) is 0 Å². The molecule has 1 aliphatic rings. The van der Waals surface area contributed by atoms with Crippen molar-refractivity contribution >= 4 is 5.91 Å². The molecular weight excluding hydrogens is 353 g/mol. The number of nitrogens with two attached hydrogens (primary N) is 1. The van der Waals surface area contributed by atoms with Crippen molar-refractivity contribution in [3.8, 4) is 0 Å². The number of hydrogen-bond donors (Lipinski definition) is 2. The van der Waals surface area contributed by atoms with Gasteiger partial charge in [0.05, 0.1) is 11.5 Å². The lowest BCUT2D eigenvalue weighted by Gasteiger charge is -2.34. The Kier molecular flexibility index (Phi) is 6.00. The van der Waals surface area contributed by atoms with Crippen LogP contribution in [0.3, 0.4) is 0 Å². The molecule has 1 saturated carbocycles. The number of rotatable bonds is 5. The first kappa shape index (κ1) is 21.7. The predicted molar refractivity (Wildman–Crippen MR) is 101 cm³/mol. The highest BCUT2D eigenvalue weighted by atomic mass is 19.3. The summed E-state index contributed by atoms with van der Waals surface area (Å²) in [5.41, 5.74) is 3.72. The monoisotopic (exact) mass is 384 g/mol. The van der Waals surface area contributed by atoms with E-state index in [9.17, 15) is 18.0 Å². The maximum absolute atomic E-state index is 14.5. The zero-order chi connectivity index (χ0) is 20.6. The SMILES string of the molecule is CC(C)(F)c1cc(C(C)(F)F)cc(C(C)(C)NC(=O)C2CCCCC2N)c1. The fourth-order valence-electron chi connectivity index (χ4n) is 3.54. The molecule has 6 heteroatoms. The van der Waals surface area contributed by atoms with Crippen LogP contribution >= 0.6 is 0 Å². The smallest absolute Gasteiger partial charge is 0.270 e. The Morgan fingerprint density at radius 2 is 1.48 bits per heavy atom. The quantitative estimate of drug-likeness (QED) is 0.761. The highest BCUT2D eigenvalue weighted by molar-refractivity contribution is 5.80. The number of amides is 1. The summed E-state index contributed by atoms with van der Waals surface area (Å²) in [6.07, 6.45) is 3.48. The van der Waals surface area contributed by atoms with Gasteiger partial charge >= 0.3 is 0 Å². The van der Waals surface area contributed by atoms with E-state index in [-0.39, 0.29) is 29.0 Å². The van der Waals surface area contributed by atoms with Gasteiger partial charge < -0.3 is 11.1 Å². The number of carbonyl (C=O) groups excluding carboxylic acids is 1. The van der Waals surface area contributed by atoms with Crippen molar-refractivity contribution in [3.05, 3.63) is 34.9 Å². The molecule has 3 nitrogen and oxygen atoms in total. The summed E-state index contributed by atoms with van der Waals surface area (Å²) in [6, 6.07) is 3.90. The van der Waals surface area contributed by atoms with Gasteiger partial charge in [-0.2, -0.15) is 0 Å². The molecule has 1 aromatic carbocycles. The first-order valence-electron chi connectivity index (χ1n) is 9.52. The van der Waals surface area contributed by atoms with Crippen LogP contribution in [-0.2, 0) is 21.9 Å². The van der Waals surface area contributed by atoms with Crippen LogP contribution in [0.15, 0.2) is 18.2 Å². The van der Waals surface area contributed by atoms with Crippen LogP contribution < -0.4 is 11.1 Å². The van der Waals surface area contributed by atoms with E-state index < -0.39 is 17.1 Å². The highest BCUT2D eigenvalue weighted by Crippen LogP contribution is 2.36. The Labute approximate surface area is 159 Å². The molecule has 1 fully saturated rings. The number of hydrogen-bond acceptors (Lipinski definition) is 2. The summed E-state index contributed by atoms with van der Waals surface area (Å²) in [4.78, 5) is 12.7. The van der Waals surface area contributed by atoms with Crippen LogP contribution in [0.4, 0.5) is 13.2 Å². The highest BCUT2D eigenvalue weighted by Gasteiger charge is 2.35. The van der Waals surface area contributed by atoms with E-state index in [2.05, 4.69) is 5.32 Å². The number of benzene rings is 1. The Hall–Kier alpha value is -1.56. The summed E-state index contributed by atoms with van der Waals surface area (Å²) in [6.45, 7) is 6.92. The molecule has 1 aromatic rings. The minimum atomic E-state index is -3.11. The standard InChI is InChI=1S/C21H31F3N2O/c1-19(2,22)13-10-14(12-15(11-13)21(5,23)24)20(3,4)26-18(27)16-8-6-7-9-17(16)25/h10-12,16-17H,6-9,25H2,1-5H3,(H,26,27). The van der Waals surface area contributed by atoms with Gasteiger partial charge in [-0.3, -0.25) is 4.79 Å². The van der Waals surface area contributed by atoms with Crippen molar-refractivity contribution in [1.82, 2.24) is 5.32 Å². The molecule has 0 saturated heterocycles. The molecule has 0 aliphatic heterocycles. The van der Waals surface area contributed by atoms with Crippen molar-refractivity contribution in [2.45, 2.75) is 83.5 Å². The molecule has 0 spiro atoms. The van der Waals surface area contributed by atoms with E-state index in [4.69, 9.17) is 5.73 Å². The second-order valence-corrected chi connectivity index (χ2v) is 8.83. The fraction of sp³-hybridized carbons (Fsp3) is 0.667. The van der Waals surface area contributed by atoms with E-state index in [1.165, 1.54) is 26.0 Å². The number of alkyl halides is 3. The topological polar surface area (TPSA) is 55.1 Å². The van der Waals surface area contributed by atoms with Crippen molar-refractivity contribution in [3.63, 3.8) is 0 Å². The van der Waals surface area contributed by atoms with E-state index in [1.54, 1.807) is 19.9 Å². The van der Waals surface area contributed by atoms with E-state index >= 15 is 0 Å². The average Bonchev–Trinajstić information content (AvgIpc) is 2.52. The first-order chi connectivity index (χ1) is 12.2. The minimum absolute atomic E-state index is 0.160. The second-order valence-electron chi connectivity index (χ2n) is 8.83. The Balaban J connectivity index is 2.37. The third kappa shape index (κ3) is 5.24. The van der Waals surface area contributed by atoms with E-state index in [0.717, 1.165) is 32.6 Å². The van der Waals surface area contributed by atoms with Crippen molar-refractivity contribution in [2.24, 2.45) is 11.7 Å². The molecule has 2 atom stereocenters. The van der Waals surface area contributed by atoms with Gasteiger partial charge in [0, 0.05) is 18.5 Å². The van der Waals surface area contributed by atoms with Crippen molar-refractivity contribution in [2.75, 3.05) is 0 Å². The van der Waals surface area contributed by atoms with Crippen LogP contribution in [0, 0.1) is 5.92 Å². The van der Waals surface area contributed by atoms with Crippen LogP contribution in [0.2, 0.25) is 0 Å². The van der Waals surface area contributed by atoms with Gasteiger partial charge in [0.1, 0.15) is 5.67 Å². The molecule has 1 aliphatic carbocycles. The van der Waals surface area contributed by atoms with Crippen LogP contribution in [-0.4, -0.2) is 11.9 Å². The third-order valence-electron chi connectivity index (χ3n) is 5.44. The lowest BCUT2D eigenvalue weighted by atomic mass is 9.82. The van der Waals surface area contributed by atoms with E-state index in [1.807, 2.05) is 0 Å². The lowest BCUT2D eigenvalue weighted by Crippen LogP contribution is -2.49. The van der Waals surface area contributed by atoms with Gasteiger partial charge in [0.25, 0.3) is 5.92 Å². The number of carbonyl (C=O) groups is 1. The molecule has 0 bridgehead atoms. The minimum Gasteiger partial charge on any atom is -0.347 e. The van der Waals surface area contributed by atoms with Crippen LogP contribution in [0.1, 0.15) is 77.0 Å². The van der Waals surface area contributed by atoms with Crippen molar-refractivity contribution < 1.29 is 18.0 Å². The first-order valence-corrected chi connectivity index (χ1v) is 9.52. The average molecular weight is 384 g/mol. The maximum atomic E-state index is 14.5. The normalized spacial score (nSPS) is 21.8. The second kappa shape index (κ2) is 7.46. The largest absolute Gasteiger partial charge is 0.347 e. The van der Waals surface area contributed by atoms with Crippen molar-refractivity contribution in [1.29, 1.82) is 0 Å². The predicted octanol–water partition coefficient (Wildman–Crippen LogP) is 4.87. The Morgan fingerprint density at radius 1 is 0.963 bits per heavy atom. The molecular formula is C21H31F3N2O. The Morgan fingerprint density at radius 3 is 2.00 bits per heavy atom. The van der Waals surface area contributed by atoms with Gasteiger partial charge in [-0.05, 0) is 63.8 Å². The van der Waals surface area contributed by atoms with E-state index in [0.29, 0.717) is 5.56 Å². The summed E-state index contributed by atoms with van der Waals surface area (Å²) >= 11 is 0. The fourth-order valence-corrected chi connectivity index (χ4v) is 3.54. The lowest BCUT2D eigenvalue weighted by molar-refractivity contribution is -0.128. The molecule has 0 aromatic heterocycles. The molecule has 3 N–H and O–H groups in total. The maximum Gasteiger partial charge on any atom is 0.270 e. The number of halogens is 3. The zero-order valence-electron chi connectivity index (χ0n) is 16.8. The third-order valence-corrected chi connectivity index (χ3v) is 5.44. The summed E-state index contributed by atoms with van der Waals surface area (Å²) < 4.78 is 42.5. The summed E-state index contributed by atoms with van der Waals surface area (Å²) in [5, 5.41) is 2.94. The van der Waals surface area contributed by atoms with Gasteiger partial charge in [-0.1, -0.05) is 18.9 Å². The molecule has 152 valence electrons. The molecule has 0 heterocycles. The van der Waals surface area contributed by atoms with Crippen LogP contribution in [0.25, 0.3) is 0 Å². The molecule has 27 heavy (non-hydrogen) atoms.